The van der Waals surface area contributed by atoms with Crippen LogP contribution in [-0.2, 0) is 12.3 Å². The Kier molecular flexibility index (Phi) is 5.34. The van der Waals surface area contributed by atoms with Crippen molar-refractivity contribution in [2.75, 3.05) is 5.33 Å². The molecule has 0 saturated carbocycles. The summed E-state index contributed by atoms with van der Waals surface area (Å²) < 4.78 is 0. The van der Waals surface area contributed by atoms with Crippen LogP contribution in [0.2, 0.25) is 0 Å². The average molecular weight is 290 g/mol. The SMILES string of the molecule is CCc1cccc(CCl)c1C(=O)CCBr. The minimum atomic E-state index is 0.181. The lowest BCUT2D eigenvalue weighted by Crippen LogP contribution is -2.07. The van der Waals surface area contributed by atoms with Crippen LogP contribution in [0.5, 0.6) is 0 Å². The maximum absolute atomic E-state index is 11.9. The Balaban J connectivity index is 3.15. The lowest BCUT2D eigenvalue weighted by molar-refractivity contribution is 0.0988. The molecule has 0 unspecified atom stereocenters. The van der Waals surface area contributed by atoms with E-state index >= 15 is 0 Å². The fourth-order valence-electron chi connectivity index (χ4n) is 1.63. The number of aryl methyl sites for hydroxylation is 1. The van der Waals surface area contributed by atoms with E-state index in [4.69, 9.17) is 11.6 Å². The molecule has 1 aromatic carbocycles. The first-order valence-corrected chi connectivity index (χ1v) is 6.66. The van der Waals surface area contributed by atoms with Gasteiger partial charge in [0, 0.05) is 23.2 Å². The van der Waals surface area contributed by atoms with Crippen molar-refractivity contribution >= 4 is 33.3 Å². The van der Waals surface area contributed by atoms with Crippen LogP contribution in [0.3, 0.4) is 0 Å². The van der Waals surface area contributed by atoms with E-state index in [2.05, 4.69) is 22.9 Å². The molecule has 0 atom stereocenters. The van der Waals surface area contributed by atoms with Crippen LogP contribution >= 0.6 is 27.5 Å². The summed E-state index contributed by atoms with van der Waals surface area (Å²) >= 11 is 9.13. The Bertz CT molecular complexity index is 327. The number of benzene rings is 1. The van der Waals surface area contributed by atoms with Crippen LogP contribution < -0.4 is 0 Å². The van der Waals surface area contributed by atoms with E-state index in [1.807, 2.05) is 18.2 Å². The summed E-state index contributed by atoms with van der Waals surface area (Å²) in [5.41, 5.74) is 2.87. The van der Waals surface area contributed by atoms with Crippen molar-refractivity contribution in [1.29, 1.82) is 0 Å². The quantitative estimate of drug-likeness (QED) is 0.592. The molecule has 1 aromatic rings. The fraction of sp³-hybridized carbons (Fsp3) is 0.417. The molecule has 0 saturated heterocycles. The van der Waals surface area contributed by atoms with Crippen LogP contribution in [-0.4, -0.2) is 11.1 Å². The van der Waals surface area contributed by atoms with Crippen LogP contribution in [0.4, 0.5) is 0 Å². The Morgan fingerprint density at radius 1 is 1.40 bits per heavy atom. The van der Waals surface area contributed by atoms with Gasteiger partial charge in [-0.05, 0) is 17.5 Å². The molecule has 3 heteroatoms. The van der Waals surface area contributed by atoms with Gasteiger partial charge in [-0.1, -0.05) is 41.1 Å². The average Bonchev–Trinajstić information content (AvgIpc) is 2.28. The molecule has 0 aliphatic carbocycles. The lowest BCUT2D eigenvalue weighted by Gasteiger charge is -2.10. The number of ketones is 1. The molecule has 0 bridgehead atoms. The van der Waals surface area contributed by atoms with Crippen molar-refractivity contribution in [2.45, 2.75) is 25.6 Å². The molecule has 15 heavy (non-hydrogen) atoms. The van der Waals surface area contributed by atoms with Gasteiger partial charge >= 0.3 is 0 Å². The van der Waals surface area contributed by atoms with Gasteiger partial charge in [-0.3, -0.25) is 4.79 Å². The number of alkyl halides is 2. The Morgan fingerprint density at radius 2 is 2.07 bits per heavy atom. The third kappa shape index (κ3) is 3.05. The van der Waals surface area contributed by atoms with Gasteiger partial charge in [-0.25, -0.2) is 0 Å². The maximum atomic E-state index is 11.9. The molecular formula is C12H14BrClO. The molecule has 0 spiro atoms. The molecule has 0 aromatic heterocycles. The van der Waals surface area contributed by atoms with Gasteiger partial charge in [0.05, 0.1) is 0 Å². The van der Waals surface area contributed by atoms with Gasteiger partial charge in [0.1, 0.15) is 0 Å². The van der Waals surface area contributed by atoms with E-state index in [1.165, 1.54) is 0 Å². The number of hydrogen-bond donors (Lipinski definition) is 0. The van der Waals surface area contributed by atoms with E-state index < -0.39 is 0 Å². The topological polar surface area (TPSA) is 17.1 Å². The third-order valence-corrected chi connectivity index (χ3v) is 3.05. The minimum Gasteiger partial charge on any atom is -0.294 e. The molecule has 0 aliphatic heterocycles. The van der Waals surface area contributed by atoms with E-state index in [0.717, 1.165) is 23.1 Å². The summed E-state index contributed by atoms with van der Waals surface area (Å²) in [6.07, 6.45) is 1.40. The number of halogens is 2. The molecule has 0 radical (unpaired) electrons. The summed E-state index contributed by atoms with van der Waals surface area (Å²) in [7, 11) is 0. The molecule has 82 valence electrons. The highest BCUT2D eigenvalue weighted by Gasteiger charge is 2.13. The Labute approximate surface area is 104 Å². The molecule has 1 rings (SSSR count). The zero-order valence-electron chi connectivity index (χ0n) is 8.72. The highest BCUT2D eigenvalue weighted by atomic mass is 79.9. The summed E-state index contributed by atoms with van der Waals surface area (Å²) in [5, 5.41) is 0.700. The maximum Gasteiger partial charge on any atom is 0.164 e. The predicted octanol–water partition coefficient (Wildman–Crippen LogP) is 3.96. The molecule has 0 amide bonds. The van der Waals surface area contributed by atoms with Gasteiger partial charge < -0.3 is 0 Å². The van der Waals surface area contributed by atoms with Gasteiger partial charge in [-0.2, -0.15) is 0 Å². The summed E-state index contributed by atoms with van der Waals surface area (Å²) in [5.74, 6) is 0.581. The van der Waals surface area contributed by atoms with Crippen LogP contribution in [0.1, 0.15) is 34.8 Å². The van der Waals surface area contributed by atoms with Crippen molar-refractivity contribution < 1.29 is 4.79 Å². The minimum absolute atomic E-state index is 0.181. The zero-order valence-corrected chi connectivity index (χ0v) is 11.1. The molecule has 0 N–H and O–H groups in total. The lowest BCUT2D eigenvalue weighted by atomic mass is 9.95. The summed E-state index contributed by atoms with van der Waals surface area (Å²) in [6.45, 7) is 2.05. The first kappa shape index (κ1) is 12.7. The second-order valence-electron chi connectivity index (χ2n) is 3.30. The highest BCUT2D eigenvalue weighted by molar-refractivity contribution is 9.09. The standard InChI is InChI=1S/C12H14BrClO/c1-2-9-4-3-5-10(8-14)12(9)11(15)6-7-13/h3-5H,2,6-8H2,1H3. The summed E-state index contributed by atoms with van der Waals surface area (Å²) in [4.78, 5) is 11.9. The van der Waals surface area contributed by atoms with Gasteiger partial charge in [0.15, 0.2) is 5.78 Å². The number of rotatable bonds is 5. The van der Waals surface area contributed by atoms with Crippen molar-refractivity contribution in [3.8, 4) is 0 Å². The van der Waals surface area contributed by atoms with Gasteiger partial charge in [0.2, 0.25) is 0 Å². The number of hydrogen-bond acceptors (Lipinski definition) is 1. The van der Waals surface area contributed by atoms with Crippen LogP contribution in [0.25, 0.3) is 0 Å². The number of carbonyl (C=O) groups is 1. The zero-order chi connectivity index (χ0) is 11.3. The van der Waals surface area contributed by atoms with Gasteiger partial charge in [0.25, 0.3) is 0 Å². The summed E-state index contributed by atoms with van der Waals surface area (Å²) in [6, 6.07) is 5.88. The first-order valence-electron chi connectivity index (χ1n) is 5.00. The van der Waals surface area contributed by atoms with Crippen LogP contribution in [0.15, 0.2) is 18.2 Å². The normalized spacial score (nSPS) is 10.3. The second kappa shape index (κ2) is 6.29. The van der Waals surface area contributed by atoms with E-state index in [-0.39, 0.29) is 5.78 Å². The molecule has 0 heterocycles. The Hall–Kier alpha value is -0.340. The van der Waals surface area contributed by atoms with Crippen LogP contribution in [0, 0.1) is 0 Å². The van der Waals surface area contributed by atoms with Crippen molar-refractivity contribution in [3.05, 3.63) is 34.9 Å². The van der Waals surface area contributed by atoms with Gasteiger partial charge in [-0.15, -0.1) is 11.6 Å². The largest absolute Gasteiger partial charge is 0.294 e. The Morgan fingerprint density at radius 3 is 2.60 bits per heavy atom. The van der Waals surface area contributed by atoms with E-state index in [0.29, 0.717) is 17.6 Å². The second-order valence-corrected chi connectivity index (χ2v) is 4.36. The number of Topliss-reactive ketones (excluding diaryl/α,β-unsaturated/α-hetero) is 1. The molecule has 0 fully saturated rings. The first-order chi connectivity index (χ1) is 7.24. The smallest absolute Gasteiger partial charge is 0.164 e. The monoisotopic (exact) mass is 288 g/mol. The van der Waals surface area contributed by atoms with Crippen molar-refractivity contribution in [2.24, 2.45) is 0 Å². The van der Waals surface area contributed by atoms with Crippen molar-refractivity contribution in [1.82, 2.24) is 0 Å². The molecular weight excluding hydrogens is 275 g/mol. The molecule has 1 nitrogen and oxygen atoms in total. The number of carbonyl (C=O) groups excluding carboxylic acids is 1. The molecule has 0 aliphatic rings. The predicted molar refractivity (Wildman–Crippen MR) is 68.1 cm³/mol. The van der Waals surface area contributed by atoms with E-state index in [1.54, 1.807) is 0 Å². The fourth-order valence-corrected chi connectivity index (χ4v) is 2.21. The van der Waals surface area contributed by atoms with E-state index in [9.17, 15) is 4.79 Å². The highest BCUT2D eigenvalue weighted by Crippen LogP contribution is 2.19. The third-order valence-electron chi connectivity index (χ3n) is 2.36. The van der Waals surface area contributed by atoms with Crippen molar-refractivity contribution in [3.63, 3.8) is 0 Å².